The van der Waals surface area contributed by atoms with E-state index in [-0.39, 0.29) is 0 Å². The molecule has 0 bridgehead atoms. The molecule has 2 aromatic heterocycles. The monoisotopic (exact) mass is 316 g/mol. The van der Waals surface area contributed by atoms with Gasteiger partial charge in [-0.3, -0.25) is 0 Å². The Hall–Kier alpha value is -1.72. The molecular weight excluding hydrogens is 304 g/mol. The van der Waals surface area contributed by atoms with E-state index < -0.39 is 0 Å². The molecule has 0 radical (unpaired) electrons. The third kappa shape index (κ3) is 2.52. The first-order valence-corrected chi connectivity index (χ1v) is 6.83. The van der Waals surface area contributed by atoms with Crippen LogP contribution in [0.25, 0.3) is 5.65 Å². The second kappa shape index (κ2) is 5.11. The predicted octanol–water partition coefficient (Wildman–Crippen LogP) is 2.54. The van der Waals surface area contributed by atoms with Gasteiger partial charge in [0.05, 0.1) is 0 Å². The van der Waals surface area contributed by atoms with Crippen molar-refractivity contribution in [2.75, 3.05) is 0 Å². The third-order valence-corrected chi connectivity index (χ3v) is 3.76. The molecule has 0 amide bonds. The lowest BCUT2D eigenvalue weighted by Crippen LogP contribution is -1.97. The summed E-state index contributed by atoms with van der Waals surface area (Å²) in [4.78, 5) is 4.53. The van der Waals surface area contributed by atoms with Crippen molar-refractivity contribution >= 4 is 21.6 Å². The second-order valence-electron chi connectivity index (χ2n) is 4.34. The van der Waals surface area contributed by atoms with E-state index >= 15 is 0 Å². The number of pyridine rings is 1. The van der Waals surface area contributed by atoms with Gasteiger partial charge in [-0.05, 0) is 29.3 Å². The number of hydrogen-bond acceptors (Lipinski definition) is 3. The molecule has 2 N–H and O–H groups in total. The Balaban J connectivity index is 1.95. The molecule has 0 aliphatic heterocycles. The Morgan fingerprint density at radius 3 is 2.84 bits per heavy atom. The molecule has 0 aliphatic carbocycles. The van der Waals surface area contributed by atoms with E-state index in [4.69, 9.17) is 5.73 Å². The molecule has 0 fully saturated rings. The lowest BCUT2D eigenvalue weighted by atomic mass is 10.1. The molecule has 1 aromatic carbocycles. The van der Waals surface area contributed by atoms with Crippen molar-refractivity contribution in [2.24, 2.45) is 5.73 Å². The number of halogens is 1. The van der Waals surface area contributed by atoms with Crippen molar-refractivity contribution in [3.05, 3.63) is 64.0 Å². The maximum atomic E-state index is 5.63. The molecule has 0 aliphatic rings. The van der Waals surface area contributed by atoms with Crippen LogP contribution in [0.4, 0.5) is 0 Å². The summed E-state index contributed by atoms with van der Waals surface area (Å²) in [7, 11) is 0. The normalized spacial score (nSPS) is 11.1. The van der Waals surface area contributed by atoms with E-state index in [9.17, 15) is 0 Å². The topological polar surface area (TPSA) is 56.2 Å². The summed E-state index contributed by atoms with van der Waals surface area (Å²) in [6.45, 7) is 0.517. The summed E-state index contributed by atoms with van der Waals surface area (Å²) in [5, 5.41) is 4.47. The van der Waals surface area contributed by atoms with Gasteiger partial charge < -0.3 is 5.73 Å². The van der Waals surface area contributed by atoms with E-state index in [1.807, 2.05) is 36.5 Å². The van der Waals surface area contributed by atoms with Gasteiger partial charge in [-0.25, -0.2) is 9.50 Å². The van der Waals surface area contributed by atoms with Crippen LogP contribution < -0.4 is 5.73 Å². The Morgan fingerprint density at radius 1 is 1.21 bits per heavy atom. The van der Waals surface area contributed by atoms with Crippen LogP contribution in [0.3, 0.4) is 0 Å². The number of nitrogens with two attached hydrogens (primary N) is 1. The number of hydrogen-bond donors (Lipinski definition) is 1. The maximum Gasteiger partial charge on any atom is 0.156 e. The average molecular weight is 317 g/mol. The summed E-state index contributed by atoms with van der Waals surface area (Å²) in [6, 6.07) is 12.0. The van der Waals surface area contributed by atoms with Crippen molar-refractivity contribution in [1.29, 1.82) is 0 Å². The molecule has 3 rings (SSSR count). The molecule has 0 spiro atoms. The second-order valence-corrected chi connectivity index (χ2v) is 5.19. The van der Waals surface area contributed by atoms with Crippen LogP contribution in [0.5, 0.6) is 0 Å². The summed E-state index contributed by atoms with van der Waals surface area (Å²) < 4.78 is 2.86. The first-order chi connectivity index (χ1) is 9.26. The summed E-state index contributed by atoms with van der Waals surface area (Å²) >= 11 is 3.54. The quantitative estimate of drug-likeness (QED) is 0.808. The van der Waals surface area contributed by atoms with Crippen LogP contribution in [0.15, 0.2) is 47.1 Å². The van der Waals surface area contributed by atoms with Gasteiger partial charge in [0.25, 0.3) is 0 Å². The Morgan fingerprint density at radius 2 is 2.05 bits per heavy atom. The standard InChI is InChI=1S/C14H13BrN4/c15-12-4-2-1-3-11(12)8-13-17-14-7-10(9-16)5-6-19(14)18-13/h1-7H,8-9,16H2. The van der Waals surface area contributed by atoms with E-state index in [1.54, 1.807) is 4.52 Å². The Kier molecular flexibility index (Phi) is 3.31. The van der Waals surface area contributed by atoms with Gasteiger partial charge in [0.15, 0.2) is 11.5 Å². The van der Waals surface area contributed by atoms with Crippen molar-refractivity contribution in [3.63, 3.8) is 0 Å². The molecule has 0 saturated carbocycles. The van der Waals surface area contributed by atoms with E-state index in [0.29, 0.717) is 13.0 Å². The largest absolute Gasteiger partial charge is 0.326 e. The Labute approximate surface area is 119 Å². The smallest absolute Gasteiger partial charge is 0.156 e. The van der Waals surface area contributed by atoms with Gasteiger partial charge in [0.1, 0.15) is 0 Å². The minimum absolute atomic E-state index is 0.517. The van der Waals surface area contributed by atoms with Gasteiger partial charge in [-0.1, -0.05) is 34.1 Å². The SMILES string of the molecule is NCc1ccn2nc(Cc3ccccc3Br)nc2c1. The molecule has 2 heterocycles. The van der Waals surface area contributed by atoms with Gasteiger partial charge in [-0.2, -0.15) is 5.10 Å². The highest BCUT2D eigenvalue weighted by atomic mass is 79.9. The number of aromatic nitrogens is 3. The predicted molar refractivity (Wildman–Crippen MR) is 77.8 cm³/mol. The van der Waals surface area contributed by atoms with Gasteiger partial charge >= 0.3 is 0 Å². The molecule has 5 heteroatoms. The summed E-state index contributed by atoms with van der Waals surface area (Å²) in [6.07, 6.45) is 2.61. The highest BCUT2D eigenvalue weighted by Gasteiger charge is 2.07. The molecule has 4 nitrogen and oxygen atoms in total. The van der Waals surface area contributed by atoms with Crippen molar-refractivity contribution in [1.82, 2.24) is 14.6 Å². The maximum absolute atomic E-state index is 5.63. The fraction of sp³-hybridized carbons (Fsp3) is 0.143. The molecule has 3 aromatic rings. The number of rotatable bonds is 3. The number of fused-ring (bicyclic) bond motifs is 1. The van der Waals surface area contributed by atoms with Crippen LogP contribution in [0.1, 0.15) is 17.0 Å². The van der Waals surface area contributed by atoms with Crippen LogP contribution in [0, 0.1) is 0 Å². The zero-order valence-electron chi connectivity index (χ0n) is 10.3. The molecule has 0 saturated heterocycles. The Bertz CT molecular complexity index is 720. The summed E-state index contributed by atoms with van der Waals surface area (Å²) in [5.74, 6) is 0.807. The van der Waals surface area contributed by atoms with Gasteiger partial charge in [-0.15, -0.1) is 0 Å². The zero-order valence-corrected chi connectivity index (χ0v) is 11.8. The highest BCUT2D eigenvalue weighted by molar-refractivity contribution is 9.10. The third-order valence-electron chi connectivity index (χ3n) is 2.99. The summed E-state index contributed by atoms with van der Waals surface area (Å²) in [5.41, 5.74) is 8.71. The lowest BCUT2D eigenvalue weighted by molar-refractivity contribution is 0.894. The van der Waals surface area contributed by atoms with E-state index in [1.165, 1.54) is 5.56 Å². The fourth-order valence-corrected chi connectivity index (χ4v) is 2.41. The van der Waals surface area contributed by atoms with Crippen molar-refractivity contribution < 1.29 is 0 Å². The minimum Gasteiger partial charge on any atom is -0.326 e. The molecule has 0 unspecified atom stereocenters. The van der Waals surface area contributed by atoms with Gasteiger partial charge in [0, 0.05) is 23.6 Å². The average Bonchev–Trinajstić information content (AvgIpc) is 2.82. The van der Waals surface area contributed by atoms with Crippen LogP contribution in [0.2, 0.25) is 0 Å². The zero-order chi connectivity index (χ0) is 13.2. The van der Waals surface area contributed by atoms with E-state index in [0.717, 1.165) is 21.5 Å². The van der Waals surface area contributed by atoms with Crippen LogP contribution in [-0.2, 0) is 13.0 Å². The first kappa shape index (κ1) is 12.3. The van der Waals surface area contributed by atoms with Crippen molar-refractivity contribution in [2.45, 2.75) is 13.0 Å². The number of nitrogens with zero attached hydrogens (tertiary/aromatic N) is 3. The number of benzene rings is 1. The van der Waals surface area contributed by atoms with Gasteiger partial charge in [0.2, 0.25) is 0 Å². The van der Waals surface area contributed by atoms with Crippen LogP contribution >= 0.6 is 15.9 Å². The highest BCUT2D eigenvalue weighted by Crippen LogP contribution is 2.18. The lowest BCUT2D eigenvalue weighted by Gasteiger charge is -1.99. The molecule has 19 heavy (non-hydrogen) atoms. The molecule has 0 atom stereocenters. The molecule has 96 valence electrons. The minimum atomic E-state index is 0.517. The molecular formula is C14H13BrN4. The van der Waals surface area contributed by atoms with Crippen LogP contribution in [-0.4, -0.2) is 14.6 Å². The van der Waals surface area contributed by atoms with Crippen molar-refractivity contribution in [3.8, 4) is 0 Å². The van der Waals surface area contributed by atoms with E-state index in [2.05, 4.69) is 32.1 Å². The fourth-order valence-electron chi connectivity index (χ4n) is 1.98. The first-order valence-electron chi connectivity index (χ1n) is 6.04.